The van der Waals surface area contributed by atoms with Crippen LogP contribution in [0.4, 0.5) is 0 Å². The van der Waals surface area contributed by atoms with Crippen LogP contribution < -0.4 is 0 Å². The average Bonchev–Trinajstić information content (AvgIpc) is 2.63. The fourth-order valence-corrected chi connectivity index (χ4v) is 2.15. The van der Waals surface area contributed by atoms with Crippen LogP contribution in [0.5, 0.6) is 0 Å². The summed E-state index contributed by atoms with van der Waals surface area (Å²) in [5, 5.41) is 0. The highest BCUT2D eigenvalue weighted by atomic mass is 16.5. The van der Waals surface area contributed by atoms with Gasteiger partial charge in [0.1, 0.15) is 0 Å². The molecule has 0 heterocycles. The van der Waals surface area contributed by atoms with Gasteiger partial charge in [0.05, 0.1) is 7.11 Å². The van der Waals surface area contributed by atoms with Crippen LogP contribution in [0.15, 0.2) is 23.3 Å². The van der Waals surface area contributed by atoms with Crippen molar-refractivity contribution in [2.75, 3.05) is 7.11 Å². The van der Waals surface area contributed by atoms with E-state index in [1.54, 1.807) is 0 Å². The quantitative estimate of drug-likeness (QED) is 0.435. The zero-order valence-electron chi connectivity index (χ0n) is 7.33. The van der Waals surface area contributed by atoms with E-state index in [1.807, 2.05) is 6.92 Å². The maximum absolute atomic E-state index is 11.3. The predicted octanol–water partition coefficient (Wildman–Crippen LogP) is 1.68. The normalized spacial score (nSPS) is 31.5. The number of allylic oxidation sites excluding steroid dienone is 3. The van der Waals surface area contributed by atoms with Crippen LogP contribution >= 0.6 is 0 Å². The second-order valence-electron chi connectivity index (χ2n) is 3.42. The van der Waals surface area contributed by atoms with Crippen molar-refractivity contribution in [1.29, 1.82) is 0 Å². The van der Waals surface area contributed by atoms with Crippen molar-refractivity contribution in [1.82, 2.24) is 0 Å². The Morgan fingerprint density at radius 1 is 1.50 bits per heavy atom. The van der Waals surface area contributed by atoms with E-state index in [1.165, 1.54) is 12.7 Å². The summed E-state index contributed by atoms with van der Waals surface area (Å²) in [6.07, 6.45) is 5.38. The van der Waals surface area contributed by atoms with Gasteiger partial charge in [-0.15, -0.1) is 0 Å². The molecule has 0 aliphatic heterocycles. The summed E-state index contributed by atoms with van der Waals surface area (Å²) in [5.41, 5.74) is 2.10. The van der Waals surface area contributed by atoms with Crippen molar-refractivity contribution in [2.45, 2.75) is 13.3 Å². The molecule has 2 unspecified atom stereocenters. The minimum Gasteiger partial charge on any atom is -0.466 e. The molecule has 12 heavy (non-hydrogen) atoms. The van der Waals surface area contributed by atoms with Crippen LogP contribution in [0.2, 0.25) is 0 Å². The van der Waals surface area contributed by atoms with Gasteiger partial charge in [0.25, 0.3) is 0 Å². The summed E-state index contributed by atoms with van der Waals surface area (Å²) in [6, 6.07) is 0. The molecule has 2 rings (SSSR count). The predicted molar refractivity (Wildman–Crippen MR) is 45.5 cm³/mol. The third kappa shape index (κ3) is 0.840. The highest BCUT2D eigenvalue weighted by molar-refractivity contribution is 5.91. The van der Waals surface area contributed by atoms with Crippen molar-refractivity contribution in [3.63, 3.8) is 0 Å². The molecule has 2 heteroatoms. The van der Waals surface area contributed by atoms with Crippen LogP contribution in [-0.2, 0) is 9.53 Å². The number of esters is 1. The third-order valence-electron chi connectivity index (χ3n) is 2.84. The molecule has 2 aliphatic carbocycles. The zero-order valence-corrected chi connectivity index (χ0v) is 7.33. The molecule has 2 bridgehead atoms. The first-order chi connectivity index (χ1) is 5.74. The molecule has 0 N–H and O–H groups in total. The maximum Gasteiger partial charge on any atom is 0.334 e. The molecule has 0 radical (unpaired) electrons. The Kier molecular flexibility index (Phi) is 1.56. The fraction of sp³-hybridized carbons (Fsp3) is 0.500. The first-order valence-electron chi connectivity index (χ1n) is 4.21. The number of carbonyl (C=O) groups is 1. The minimum absolute atomic E-state index is 0.149. The Morgan fingerprint density at radius 3 is 2.67 bits per heavy atom. The maximum atomic E-state index is 11.3. The average molecular weight is 164 g/mol. The van der Waals surface area contributed by atoms with Gasteiger partial charge < -0.3 is 4.74 Å². The van der Waals surface area contributed by atoms with Gasteiger partial charge in [0.15, 0.2) is 0 Å². The zero-order chi connectivity index (χ0) is 8.72. The summed E-state index contributed by atoms with van der Waals surface area (Å²) >= 11 is 0. The second-order valence-corrected chi connectivity index (χ2v) is 3.42. The van der Waals surface area contributed by atoms with Gasteiger partial charge in [-0.25, -0.2) is 4.79 Å². The van der Waals surface area contributed by atoms with Gasteiger partial charge in [-0.2, -0.15) is 0 Å². The van der Waals surface area contributed by atoms with Crippen LogP contribution in [0.1, 0.15) is 13.3 Å². The summed E-state index contributed by atoms with van der Waals surface area (Å²) in [6.45, 7) is 2.03. The highest BCUT2D eigenvalue weighted by Crippen LogP contribution is 2.43. The van der Waals surface area contributed by atoms with E-state index >= 15 is 0 Å². The lowest BCUT2D eigenvalue weighted by molar-refractivity contribution is -0.136. The van der Waals surface area contributed by atoms with Crippen molar-refractivity contribution in [3.8, 4) is 0 Å². The molecule has 0 amide bonds. The molecule has 0 aromatic carbocycles. The Balaban J connectivity index is 2.32. The molecule has 0 saturated heterocycles. The number of methoxy groups -OCH3 is 1. The third-order valence-corrected chi connectivity index (χ3v) is 2.84. The lowest BCUT2D eigenvalue weighted by Gasteiger charge is -2.09. The largest absolute Gasteiger partial charge is 0.466 e. The molecule has 64 valence electrons. The summed E-state index contributed by atoms with van der Waals surface area (Å²) in [5.74, 6) is 0.691. The Bertz CT molecular complexity index is 286. The lowest BCUT2D eigenvalue weighted by Crippen LogP contribution is -2.11. The molecule has 0 fully saturated rings. The van der Waals surface area contributed by atoms with E-state index in [2.05, 4.69) is 12.2 Å². The molecule has 0 aromatic heterocycles. The van der Waals surface area contributed by atoms with E-state index in [0.717, 1.165) is 12.0 Å². The smallest absolute Gasteiger partial charge is 0.334 e. The van der Waals surface area contributed by atoms with Gasteiger partial charge in [-0.1, -0.05) is 17.7 Å². The van der Waals surface area contributed by atoms with Crippen molar-refractivity contribution < 1.29 is 9.53 Å². The van der Waals surface area contributed by atoms with Gasteiger partial charge in [-0.3, -0.25) is 0 Å². The molecular weight excluding hydrogens is 152 g/mol. The minimum atomic E-state index is -0.149. The first-order valence-corrected chi connectivity index (χ1v) is 4.21. The van der Waals surface area contributed by atoms with E-state index < -0.39 is 0 Å². The lowest BCUT2D eigenvalue weighted by atomic mass is 9.99. The fourth-order valence-electron chi connectivity index (χ4n) is 2.15. The van der Waals surface area contributed by atoms with Crippen molar-refractivity contribution >= 4 is 5.97 Å². The van der Waals surface area contributed by atoms with Gasteiger partial charge in [0, 0.05) is 11.5 Å². The first kappa shape index (κ1) is 7.59. The van der Waals surface area contributed by atoms with E-state index in [4.69, 9.17) is 4.74 Å². The van der Waals surface area contributed by atoms with E-state index in [-0.39, 0.29) is 5.97 Å². The van der Waals surface area contributed by atoms with E-state index in [0.29, 0.717) is 11.8 Å². The molecule has 2 nitrogen and oxygen atoms in total. The van der Waals surface area contributed by atoms with Gasteiger partial charge in [0.2, 0.25) is 0 Å². The number of hydrogen-bond donors (Lipinski definition) is 0. The Morgan fingerprint density at radius 2 is 2.17 bits per heavy atom. The number of ether oxygens (including phenoxy) is 1. The topological polar surface area (TPSA) is 26.3 Å². The molecular formula is C10H12O2. The number of carbonyl (C=O) groups excluding carboxylic acids is 1. The second kappa shape index (κ2) is 2.47. The SMILES string of the molecule is COC(=O)C1=C(C)C2C=CC1C2. The van der Waals surface area contributed by atoms with Gasteiger partial charge in [-0.05, 0) is 19.3 Å². The Labute approximate surface area is 71.9 Å². The summed E-state index contributed by atoms with van der Waals surface area (Å²) < 4.78 is 4.73. The molecule has 2 atom stereocenters. The summed E-state index contributed by atoms with van der Waals surface area (Å²) in [7, 11) is 1.44. The molecule has 0 aromatic rings. The highest BCUT2D eigenvalue weighted by Gasteiger charge is 2.36. The standard InChI is InChI=1S/C10H12O2/c1-6-7-3-4-8(5-7)9(6)10(11)12-2/h3-4,7-8H,5H2,1-2H3. The van der Waals surface area contributed by atoms with Crippen LogP contribution in [-0.4, -0.2) is 13.1 Å². The van der Waals surface area contributed by atoms with Crippen LogP contribution in [0.3, 0.4) is 0 Å². The molecule has 0 spiro atoms. The summed E-state index contributed by atoms with van der Waals surface area (Å²) in [4.78, 5) is 11.3. The van der Waals surface area contributed by atoms with Gasteiger partial charge >= 0.3 is 5.97 Å². The number of fused-ring (bicyclic) bond motifs is 2. The van der Waals surface area contributed by atoms with Crippen molar-refractivity contribution in [2.24, 2.45) is 11.8 Å². The number of hydrogen-bond acceptors (Lipinski definition) is 2. The number of rotatable bonds is 1. The van der Waals surface area contributed by atoms with Crippen LogP contribution in [0, 0.1) is 11.8 Å². The van der Waals surface area contributed by atoms with Crippen molar-refractivity contribution in [3.05, 3.63) is 23.3 Å². The van der Waals surface area contributed by atoms with Crippen LogP contribution in [0.25, 0.3) is 0 Å². The molecule has 2 aliphatic rings. The molecule has 0 saturated carbocycles. The Hall–Kier alpha value is -1.05. The monoisotopic (exact) mass is 164 g/mol. The van der Waals surface area contributed by atoms with E-state index in [9.17, 15) is 4.79 Å².